The molecule has 1 amide bonds. The second-order valence-corrected chi connectivity index (χ2v) is 7.38. The van der Waals surface area contributed by atoms with Crippen molar-refractivity contribution in [1.29, 1.82) is 0 Å². The SMILES string of the molecule is CCn1c(=O)c(=O)[nH]c2cc(C(=O)Nc3ccc(N4CCN(C)CC4)nc3)ccc21. The number of likely N-dealkylation sites (N-methyl/N-ethyl adjacent to an activating group) is 1. The Hall–Kier alpha value is -3.46. The van der Waals surface area contributed by atoms with E-state index in [-0.39, 0.29) is 5.91 Å². The van der Waals surface area contributed by atoms with Crippen LogP contribution in [0.5, 0.6) is 0 Å². The predicted molar refractivity (Wildman–Crippen MR) is 116 cm³/mol. The van der Waals surface area contributed by atoms with Crippen LogP contribution >= 0.6 is 0 Å². The zero-order chi connectivity index (χ0) is 21.3. The van der Waals surface area contributed by atoms with E-state index in [0.29, 0.717) is 28.8 Å². The van der Waals surface area contributed by atoms with Crippen LogP contribution in [-0.4, -0.2) is 58.6 Å². The molecule has 1 aliphatic rings. The van der Waals surface area contributed by atoms with E-state index in [1.54, 1.807) is 31.3 Å². The normalized spacial score (nSPS) is 14.8. The number of rotatable bonds is 4. The third kappa shape index (κ3) is 3.84. The lowest BCUT2D eigenvalue weighted by molar-refractivity contribution is 0.102. The van der Waals surface area contributed by atoms with Crippen LogP contribution < -0.4 is 21.3 Å². The second-order valence-electron chi connectivity index (χ2n) is 7.38. The Bertz CT molecular complexity index is 1190. The standard InChI is InChI=1S/C21H24N6O3/c1-3-27-17-6-4-14(12-16(17)24-20(29)21(27)30)19(28)23-15-5-7-18(22-13-15)26-10-8-25(2)9-11-26/h4-7,12-13H,3,8-11H2,1-2H3,(H,23,28)(H,24,29). The predicted octanol–water partition coefficient (Wildman–Crippen LogP) is 1.11. The van der Waals surface area contributed by atoms with Gasteiger partial charge in [0.1, 0.15) is 5.82 Å². The molecule has 1 aliphatic heterocycles. The molecular formula is C21H24N6O3. The molecule has 2 N–H and O–H groups in total. The van der Waals surface area contributed by atoms with Crippen molar-refractivity contribution in [1.82, 2.24) is 19.4 Å². The molecule has 0 unspecified atom stereocenters. The Morgan fingerprint density at radius 2 is 1.90 bits per heavy atom. The third-order valence-corrected chi connectivity index (χ3v) is 5.39. The first-order valence-electron chi connectivity index (χ1n) is 9.94. The Morgan fingerprint density at radius 1 is 1.13 bits per heavy atom. The number of hydrogen-bond donors (Lipinski definition) is 2. The van der Waals surface area contributed by atoms with Gasteiger partial charge in [-0.3, -0.25) is 14.4 Å². The summed E-state index contributed by atoms with van der Waals surface area (Å²) in [6, 6.07) is 8.60. The van der Waals surface area contributed by atoms with E-state index in [1.165, 1.54) is 4.57 Å². The molecule has 9 heteroatoms. The number of H-pyrrole nitrogens is 1. The van der Waals surface area contributed by atoms with Crippen LogP contribution in [0.4, 0.5) is 11.5 Å². The molecule has 4 rings (SSSR count). The van der Waals surface area contributed by atoms with E-state index < -0.39 is 11.1 Å². The zero-order valence-electron chi connectivity index (χ0n) is 17.0. The van der Waals surface area contributed by atoms with Crippen LogP contribution in [0.15, 0.2) is 46.1 Å². The van der Waals surface area contributed by atoms with Crippen molar-refractivity contribution in [2.75, 3.05) is 43.4 Å². The molecule has 2 aromatic heterocycles. The average molecular weight is 408 g/mol. The van der Waals surface area contributed by atoms with Crippen molar-refractivity contribution >= 4 is 28.4 Å². The fourth-order valence-corrected chi connectivity index (χ4v) is 3.62. The number of amides is 1. The van der Waals surface area contributed by atoms with E-state index >= 15 is 0 Å². The number of carbonyl (C=O) groups is 1. The van der Waals surface area contributed by atoms with Crippen molar-refractivity contribution in [3.8, 4) is 0 Å². The fourth-order valence-electron chi connectivity index (χ4n) is 3.62. The van der Waals surface area contributed by atoms with Gasteiger partial charge in [0.25, 0.3) is 5.91 Å². The van der Waals surface area contributed by atoms with Crippen LogP contribution in [0, 0.1) is 0 Å². The van der Waals surface area contributed by atoms with Crippen molar-refractivity contribution in [3.05, 3.63) is 62.8 Å². The second kappa shape index (κ2) is 8.11. The Labute approximate surface area is 173 Å². The van der Waals surface area contributed by atoms with Gasteiger partial charge in [0, 0.05) is 38.3 Å². The Morgan fingerprint density at radius 3 is 2.57 bits per heavy atom. The minimum absolute atomic E-state index is 0.318. The van der Waals surface area contributed by atoms with Crippen LogP contribution in [-0.2, 0) is 6.54 Å². The number of aromatic nitrogens is 3. The number of nitrogens with one attached hydrogen (secondary N) is 2. The average Bonchev–Trinajstić information content (AvgIpc) is 2.75. The zero-order valence-corrected chi connectivity index (χ0v) is 17.0. The molecule has 0 saturated carbocycles. The topological polar surface area (TPSA) is 103 Å². The highest BCUT2D eigenvalue weighted by atomic mass is 16.2. The number of aromatic amines is 1. The maximum absolute atomic E-state index is 12.7. The summed E-state index contributed by atoms with van der Waals surface area (Å²) in [6.07, 6.45) is 1.64. The molecule has 0 radical (unpaired) electrons. The lowest BCUT2D eigenvalue weighted by Gasteiger charge is -2.33. The summed E-state index contributed by atoms with van der Waals surface area (Å²) in [5, 5.41) is 2.83. The molecule has 1 saturated heterocycles. The van der Waals surface area contributed by atoms with Crippen LogP contribution in [0.3, 0.4) is 0 Å². The quantitative estimate of drug-likeness (QED) is 0.627. The summed E-state index contributed by atoms with van der Waals surface area (Å²) < 4.78 is 1.39. The highest BCUT2D eigenvalue weighted by Crippen LogP contribution is 2.17. The molecule has 3 aromatic rings. The van der Waals surface area contributed by atoms with E-state index in [0.717, 1.165) is 32.0 Å². The third-order valence-electron chi connectivity index (χ3n) is 5.39. The summed E-state index contributed by atoms with van der Waals surface area (Å²) in [7, 11) is 2.10. The van der Waals surface area contributed by atoms with Gasteiger partial charge in [0.2, 0.25) is 0 Å². The van der Waals surface area contributed by atoms with Crippen LogP contribution in [0.1, 0.15) is 17.3 Å². The highest BCUT2D eigenvalue weighted by molar-refractivity contribution is 6.05. The molecule has 1 aromatic carbocycles. The maximum Gasteiger partial charge on any atom is 0.316 e. The molecule has 0 atom stereocenters. The molecule has 156 valence electrons. The summed E-state index contributed by atoms with van der Waals surface area (Å²) in [5.41, 5.74) is 0.682. The number of carbonyl (C=O) groups excluding carboxylic acids is 1. The summed E-state index contributed by atoms with van der Waals surface area (Å²) in [6.45, 7) is 6.00. The fraction of sp³-hybridized carbons (Fsp3) is 0.333. The minimum atomic E-state index is -0.703. The van der Waals surface area contributed by atoms with E-state index in [9.17, 15) is 14.4 Å². The summed E-state index contributed by atoms with van der Waals surface area (Å²) in [5.74, 6) is 0.572. The number of anilines is 2. The van der Waals surface area contributed by atoms with E-state index in [1.807, 2.05) is 12.1 Å². The van der Waals surface area contributed by atoms with Gasteiger partial charge in [-0.15, -0.1) is 0 Å². The number of aryl methyl sites for hydroxylation is 1. The van der Waals surface area contributed by atoms with Gasteiger partial charge >= 0.3 is 11.1 Å². The summed E-state index contributed by atoms with van der Waals surface area (Å²) >= 11 is 0. The number of piperazine rings is 1. The maximum atomic E-state index is 12.7. The number of benzene rings is 1. The number of nitrogens with zero attached hydrogens (tertiary/aromatic N) is 4. The van der Waals surface area contributed by atoms with E-state index in [2.05, 4.69) is 32.1 Å². The lowest BCUT2D eigenvalue weighted by atomic mass is 10.1. The Kier molecular flexibility index (Phi) is 5.37. The van der Waals surface area contributed by atoms with Gasteiger partial charge in [-0.2, -0.15) is 0 Å². The molecule has 0 bridgehead atoms. The number of fused-ring (bicyclic) bond motifs is 1. The van der Waals surface area contributed by atoms with Crippen molar-refractivity contribution < 1.29 is 4.79 Å². The number of pyridine rings is 1. The molecule has 9 nitrogen and oxygen atoms in total. The molecular weight excluding hydrogens is 384 g/mol. The first-order chi connectivity index (χ1) is 14.5. The smallest absolute Gasteiger partial charge is 0.316 e. The van der Waals surface area contributed by atoms with Gasteiger partial charge in [0.15, 0.2) is 0 Å². The van der Waals surface area contributed by atoms with Gasteiger partial charge in [-0.25, -0.2) is 4.98 Å². The first-order valence-corrected chi connectivity index (χ1v) is 9.94. The lowest BCUT2D eigenvalue weighted by Crippen LogP contribution is -2.44. The van der Waals surface area contributed by atoms with Crippen LogP contribution in [0.2, 0.25) is 0 Å². The molecule has 30 heavy (non-hydrogen) atoms. The van der Waals surface area contributed by atoms with Crippen LogP contribution in [0.25, 0.3) is 11.0 Å². The summed E-state index contributed by atoms with van der Waals surface area (Å²) in [4.78, 5) is 48.0. The van der Waals surface area contributed by atoms with E-state index in [4.69, 9.17) is 0 Å². The van der Waals surface area contributed by atoms with Gasteiger partial charge in [-0.05, 0) is 44.3 Å². The van der Waals surface area contributed by atoms with Gasteiger partial charge in [0.05, 0.1) is 22.9 Å². The van der Waals surface area contributed by atoms with Crippen molar-refractivity contribution in [2.24, 2.45) is 0 Å². The molecule has 0 aliphatic carbocycles. The minimum Gasteiger partial charge on any atom is -0.354 e. The molecule has 3 heterocycles. The van der Waals surface area contributed by atoms with Gasteiger partial charge < -0.3 is 24.7 Å². The van der Waals surface area contributed by atoms with Crippen molar-refractivity contribution in [2.45, 2.75) is 13.5 Å². The van der Waals surface area contributed by atoms with Gasteiger partial charge in [-0.1, -0.05) is 0 Å². The molecule has 0 spiro atoms. The highest BCUT2D eigenvalue weighted by Gasteiger charge is 2.16. The van der Waals surface area contributed by atoms with Crippen molar-refractivity contribution in [3.63, 3.8) is 0 Å². The number of hydrogen-bond acceptors (Lipinski definition) is 6. The largest absolute Gasteiger partial charge is 0.354 e. The molecule has 1 fully saturated rings. The Balaban J connectivity index is 1.52. The first kappa shape index (κ1) is 19.8. The monoisotopic (exact) mass is 408 g/mol.